The molecule has 0 bridgehead atoms. The van der Waals surface area contributed by atoms with Crippen LogP contribution in [0.1, 0.15) is 27.2 Å². The zero-order valence-corrected chi connectivity index (χ0v) is 10.6. The van der Waals surface area contributed by atoms with Crippen LogP contribution in [0.25, 0.3) is 0 Å². The Morgan fingerprint density at radius 3 is 2.47 bits per heavy atom. The van der Waals surface area contributed by atoms with Gasteiger partial charge in [-0.3, -0.25) is 4.79 Å². The number of ether oxygens (including phenoxy) is 1. The minimum absolute atomic E-state index is 0.00251. The van der Waals surface area contributed by atoms with Crippen LogP contribution in [0.5, 0.6) is 0 Å². The number of hydrogen-bond donors (Lipinski definition) is 0. The van der Waals surface area contributed by atoms with E-state index >= 15 is 0 Å². The highest BCUT2D eigenvalue weighted by atomic mass is 16.5. The lowest BCUT2D eigenvalue weighted by molar-refractivity contribution is -0.119. The van der Waals surface area contributed by atoms with Gasteiger partial charge in [-0.2, -0.15) is 0 Å². The quantitative estimate of drug-likeness (QED) is 0.785. The molecular formula is C14H19NO2. The van der Waals surface area contributed by atoms with Crippen LogP contribution >= 0.6 is 0 Å². The molecule has 1 atom stereocenters. The molecule has 1 aliphatic heterocycles. The lowest BCUT2D eigenvalue weighted by Gasteiger charge is -2.24. The van der Waals surface area contributed by atoms with Crippen LogP contribution in [0.3, 0.4) is 0 Å². The standard InChI is InChI=1S/C14H19NO2/c1-14(2,3)17-12-9-13(16)15(10-12)11-7-5-4-6-8-11/h4-8,12H,9-10H2,1-3H3. The lowest BCUT2D eigenvalue weighted by atomic mass is 10.2. The van der Waals surface area contributed by atoms with E-state index in [-0.39, 0.29) is 17.6 Å². The normalized spacial score (nSPS) is 21.0. The Labute approximate surface area is 102 Å². The molecule has 92 valence electrons. The highest BCUT2D eigenvalue weighted by Crippen LogP contribution is 2.25. The van der Waals surface area contributed by atoms with Crippen LogP contribution in [0, 0.1) is 0 Å². The van der Waals surface area contributed by atoms with Crippen LogP contribution < -0.4 is 4.90 Å². The third-order valence-corrected chi connectivity index (χ3v) is 2.68. The monoisotopic (exact) mass is 233 g/mol. The van der Waals surface area contributed by atoms with Crippen molar-refractivity contribution in [3.8, 4) is 0 Å². The number of anilines is 1. The highest BCUT2D eigenvalue weighted by Gasteiger charge is 2.33. The number of rotatable bonds is 2. The molecule has 1 unspecified atom stereocenters. The van der Waals surface area contributed by atoms with E-state index in [4.69, 9.17) is 4.74 Å². The minimum Gasteiger partial charge on any atom is -0.370 e. The van der Waals surface area contributed by atoms with Crippen molar-refractivity contribution in [2.75, 3.05) is 11.4 Å². The molecule has 3 nitrogen and oxygen atoms in total. The predicted octanol–water partition coefficient (Wildman–Crippen LogP) is 2.61. The van der Waals surface area contributed by atoms with Crippen molar-refractivity contribution in [3.05, 3.63) is 30.3 Å². The van der Waals surface area contributed by atoms with Gasteiger partial charge in [-0.05, 0) is 32.9 Å². The molecule has 0 aliphatic carbocycles. The largest absolute Gasteiger partial charge is 0.370 e. The Hall–Kier alpha value is -1.35. The van der Waals surface area contributed by atoms with Gasteiger partial charge in [0.25, 0.3) is 0 Å². The number of para-hydroxylation sites is 1. The predicted molar refractivity (Wildman–Crippen MR) is 68.0 cm³/mol. The fraction of sp³-hybridized carbons (Fsp3) is 0.500. The minimum atomic E-state index is -0.197. The SMILES string of the molecule is CC(C)(C)OC1CC(=O)N(c2ccccc2)C1. The molecule has 1 amide bonds. The summed E-state index contributed by atoms with van der Waals surface area (Å²) in [6.07, 6.45) is 0.481. The van der Waals surface area contributed by atoms with Gasteiger partial charge in [0.1, 0.15) is 0 Å². The van der Waals surface area contributed by atoms with E-state index < -0.39 is 0 Å². The first-order valence-electron chi connectivity index (χ1n) is 5.99. The number of amides is 1. The Morgan fingerprint density at radius 1 is 1.24 bits per heavy atom. The molecule has 2 rings (SSSR count). The molecule has 17 heavy (non-hydrogen) atoms. The van der Waals surface area contributed by atoms with Crippen molar-refractivity contribution < 1.29 is 9.53 Å². The van der Waals surface area contributed by atoms with Crippen molar-refractivity contribution in [2.45, 2.75) is 38.9 Å². The Morgan fingerprint density at radius 2 is 1.88 bits per heavy atom. The molecule has 0 spiro atoms. The molecule has 1 aliphatic rings. The van der Waals surface area contributed by atoms with Crippen molar-refractivity contribution in [1.29, 1.82) is 0 Å². The lowest BCUT2D eigenvalue weighted by Crippen LogP contribution is -2.30. The molecule has 3 heteroatoms. The maximum Gasteiger partial charge on any atom is 0.229 e. The molecule has 0 radical (unpaired) electrons. The van der Waals surface area contributed by atoms with Gasteiger partial charge in [0.15, 0.2) is 0 Å². The second kappa shape index (κ2) is 4.49. The smallest absolute Gasteiger partial charge is 0.229 e. The van der Waals surface area contributed by atoms with Crippen molar-refractivity contribution >= 4 is 11.6 Å². The Kier molecular flexibility index (Phi) is 3.20. The van der Waals surface area contributed by atoms with Gasteiger partial charge < -0.3 is 9.64 Å². The van der Waals surface area contributed by atoms with Gasteiger partial charge in [0.05, 0.1) is 24.7 Å². The number of carbonyl (C=O) groups excluding carboxylic acids is 1. The summed E-state index contributed by atoms with van der Waals surface area (Å²) in [5.74, 6) is 0.144. The highest BCUT2D eigenvalue weighted by molar-refractivity contribution is 5.96. The molecule has 0 saturated carbocycles. The zero-order chi connectivity index (χ0) is 12.5. The van der Waals surface area contributed by atoms with E-state index in [0.717, 1.165) is 5.69 Å². The van der Waals surface area contributed by atoms with E-state index in [2.05, 4.69) is 0 Å². The second-order valence-corrected chi connectivity index (χ2v) is 5.40. The Balaban J connectivity index is 2.06. The third-order valence-electron chi connectivity index (χ3n) is 2.68. The molecule has 0 N–H and O–H groups in total. The maximum absolute atomic E-state index is 11.9. The molecule has 1 aromatic carbocycles. The molecule has 1 saturated heterocycles. The second-order valence-electron chi connectivity index (χ2n) is 5.40. The van der Waals surface area contributed by atoms with Gasteiger partial charge in [0, 0.05) is 5.69 Å². The van der Waals surface area contributed by atoms with Crippen LogP contribution in [-0.4, -0.2) is 24.2 Å². The first-order chi connectivity index (χ1) is 7.96. The summed E-state index contributed by atoms with van der Waals surface area (Å²) in [4.78, 5) is 13.7. The first kappa shape index (κ1) is 12.1. The summed E-state index contributed by atoms with van der Waals surface area (Å²) >= 11 is 0. The summed E-state index contributed by atoms with van der Waals surface area (Å²) in [5, 5.41) is 0. The van der Waals surface area contributed by atoms with Crippen LogP contribution in [-0.2, 0) is 9.53 Å². The van der Waals surface area contributed by atoms with Crippen molar-refractivity contribution in [2.24, 2.45) is 0 Å². The van der Waals surface area contributed by atoms with E-state index in [0.29, 0.717) is 13.0 Å². The van der Waals surface area contributed by atoms with Crippen molar-refractivity contribution in [3.63, 3.8) is 0 Å². The topological polar surface area (TPSA) is 29.5 Å². The Bertz CT molecular complexity index is 394. The zero-order valence-electron chi connectivity index (χ0n) is 10.6. The summed E-state index contributed by atoms with van der Waals surface area (Å²) in [6, 6.07) is 9.75. The fourth-order valence-corrected chi connectivity index (χ4v) is 2.11. The summed E-state index contributed by atoms with van der Waals surface area (Å²) in [5.41, 5.74) is 0.759. The fourth-order valence-electron chi connectivity index (χ4n) is 2.11. The first-order valence-corrected chi connectivity index (χ1v) is 5.99. The van der Waals surface area contributed by atoms with E-state index in [1.165, 1.54) is 0 Å². The molecule has 1 heterocycles. The van der Waals surface area contributed by atoms with Crippen LogP contribution in [0.2, 0.25) is 0 Å². The maximum atomic E-state index is 11.9. The number of carbonyl (C=O) groups is 1. The molecule has 1 aromatic rings. The van der Waals surface area contributed by atoms with Gasteiger partial charge in [-0.15, -0.1) is 0 Å². The molecule has 1 fully saturated rings. The third kappa shape index (κ3) is 3.07. The van der Waals surface area contributed by atoms with E-state index in [1.807, 2.05) is 51.1 Å². The number of nitrogens with zero attached hydrogens (tertiary/aromatic N) is 1. The summed E-state index contributed by atoms with van der Waals surface area (Å²) < 4.78 is 5.86. The van der Waals surface area contributed by atoms with Gasteiger partial charge in [0.2, 0.25) is 5.91 Å². The van der Waals surface area contributed by atoms with E-state index in [9.17, 15) is 4.79 Å². The van der Waals surface area contributed by atoms with Gasteiger partial charge in [-0.1, -0.05) is 18.2 Å². The van der Waals surface area contributed by atoms with Crippen molar-refractivity contribution in [1.82, 2.24) is 0 Å². The summed E-state index contributed by atoms with van der Waals surface area (Å²) in [7, 11) is 0. The molecule has 0 aromatic heterocycles. The average molecular weight is 233 g/mol. The number of benzene rings is 1. The number of hydrogen-bond acceptors (Lipinski definition) is 2. The van der Waals surface area contributed by atoms with Crippen LogP contribution in [0.4, 0.5) is 5.69 Å². The van der Waals surface area contributed by atoms with E-state index in [1.54, 1.807) is 4.90 Å². The average Bonchev–Trinajstić information content (AvgIpc) is 2.58. The van der Waals surface area contributed by atoms with Gasteiger partial charge >= 0.3 is 0 Å². The summed E-state index contributed by atoms with van der Waals surface area (Å²) in [6.45, 7) is 6.70. The van der Waals surface area contributed by atoms with Crippen LogP contribution in [0.15, 0.2) is 30.3 Å². The molecular weight excluding hydrogens is 214 g/mol. The van der Waals surface area contributed by atoms with Gasteiger partial charge in [-0.25, -0.2) is 0 Å².